The smallest absolute Gasteiger partial charge is 0.225 e. The quantitative estimate of drug-likeness (QED) is 0.866. The van der Waals surface area contributed by atoms with Crippen molar-refractivity contribution in [2.24, 2.45) is 17.3 Å². The number of nitrogens with zero attached hydrogens (tertiary/aromatic N) is 4. The molecule has 1 N–H and O–H groups in total. The number of carbonyl (C=O) groups is 1. The number of rotatable bonds is 4. The van der Waals surface area contributed by atoms with E-state index < -0.39 is 0 Å². The number of ether oxygens (including phenoxy) is 1. The van der Waals surface area contributed by atoms with Gasteiger partial charge in [-0.3, -0.25) is 9.78 Å². The van der Waals surface area contributed by atoms with Crippen LogP contribution in [0.4, 0.5) is 11.6 Å². The van der Waals surface area contributed by atoms with Gasteiger partial charge in [-0.15, -0.1) is 0 Å². The molecule has 0 radical (unpaired) electrons. The molecule has 1 spiro atoms. The predicted octanol–water partition coefficient (Wildman–Crippen LogP) is 1.69. The lowest BCUT2D eigenvalue weighted by molar-refractivity contribution is -0.128. The highest BCUT2D eigenvalue weighted by Crippen LogP contribution is 2.55. The summed E-state index contributed by atoms with van der Waals surface area (Å²) >= 11 is 0. The van der Waals surface area contributed by atoms with Gasteiger partial charge >= 0.3 is 0 Å². The SMILES string of the molecule is CN(C)c1cncc(N2C[C@@H]3[C@H](CNC(=O)C(C)(C)C)[C@H]4CC[C@]3(C2)O4)n1. The molecule has 0 aromatic carbocycles. The molecule has 0 aliphatic carbocycles. The van der Waals surface area contributed by atoms with E-state index in [9.17, 15) is 4.79 Å². The molecule has 2 bridgehead atoms. The van der Waals surface area contributed by atoms with Gasteiger partial charge in [-0.05, 0) is 12.8 Å². The Morgan fingerprint density at radius 2 is 2.19 bits per heavy atom. The number of carbonyl (C=O) groups excluding carboxylic acids is 1. The maximum absolute atomic E-state index is 12.3. The van der Waals surface area contributed by atoms with Crippen LogP contribution in [0.25, 0.3) is 0 Å². The Kier molecular flexibility index (Phi) is 4.33. The van der Waals surface area contributed by atoms with Crippen molar-refractivity contribution >= 4 is 17.5 Å². The van der Waals surface area contributed by atoms with Crippen LogP contribution in [0.5, 0.6) is 0 Å². The Bertz CT molecular complexity index is 731. The molecule has 4 heterocycles. The van der Waals surface area contributed by atoms with Crippen LogP contribution in [0.2, 0.25) is 0 Å². The van der Waals surface area contributed by atoms with E-state index in [1.165, 1.54) is 0 Å². The van der Waals surface area contributed by atoms with Crippen molar-refractivity contribution in [2.45, 2.75) is 45.3 Å². The normalized spacial score (nSPS) is 31.9. The monoisotopic (exact) mass is 373 g/mol. The molecule has 1 aromatic heterocycles. The third kappa shape index (κ3) is 3.16. The predicted molar refractivity (Wildman–Crippen MR) is 105 cm³/mol. The number of hydrogen-bond acceptors (Lipinski definition) is 6. The van der Waals surface area contributed by atoms with Gasteiger partial charge in [-0.2, -0.15) is 0 Å². The fourth-order valence-corrected chi connectivity index (χ4v) is 4.83. The van der Waals surface area contributed by atoms with Crippen molar-refractivity contribution in [3.8, 4) is 0 Å². The van der Waals surface area contributed by atoms with Gasteiger partial charge in [-0.1, -0.05) is 20.8 Å². The molecule has 3 fully saturated rings. The summed E-state index contributed by atoms with van der Waals surface area (Å²) in [5.74, 6) is 2.69. The Balaban J connectivity index is 1.49. The lowest BCUT2D eigenvalue weighted by Crippen LogP contribution is -2.44. The summed E-state index contributed by atoms with van der Waals surface area (Å²) in [4.78, 5) is 25.7. The number of anilines is 2. The molecule has 1 aromatic rings. The van der Waals surface area contributed by atoms with Gasteiger partial charge in [0.1, 0.15) is 11.6 Å². The maximum Gasteiger partial charge on any atom is 0.225 e. The zero-order valence-corrected chi connectivity index (χ0v) is 17.0. The van der Waals surface area contributed by atoms with Gasteiger partial charge in [0, 0.05) is 51.0 Å². The first kappa shape index (κ1) is 18.5. The molecule has 4 atom stereocenters. The van der Waals surface area contributed by atoms with E-state index in [-0.39, 0.29) is 23.0 Å². The summed E-state index contributed by atoms with van der Waals surface area (Å²) in [6.45, 7) is 8.34. The second-order valence-corrected chi connectivity index (χ2v) is 9.50. The topological polar surface area (TPSA) is 70.6 Å². The van der Waals surface area contributed by atoms with Gasteiger partial charge in [0.25, 0.3) is 0 Å². The van der Waals surface area contributed by atoms with Crippen molar-refractivity contribution < 1.29 is 9.53 Å². The second-order valence-electron chi connectivity index (χ2n) is 9.50. The Labute approximate surface area is 161 Å². The third-order valence-electron chi connectivity index (χ3n) is 6.35. The first-order chi connectivity index (χ1) is 12.7. The minimum absolute atomic E-state index is 0.0857. The van der Waals surface area contributed by atoms with Crippen LogP contribution in [0.3, 0.4) is 0 Å². The Hall–Kier alpha value is -1.89. The molecule has 3 saturated heterocycles. The molecular weight excluding hydrogens is 342 g/mol. The van der Waals surface area contributed by atoms with E-state index in [4.69, 9.17) is 9.72 Å². The summed E-state index contributed by atoms with van der Waals surface area (Å²) < 4.78 is 6.49. The van der Waals surface area contributed by atoms with Crippen LogP contribution in [-0.4, -0.2) is 61.3 Å². The van der Waals surface area contributed by atoms with Crippen LogP contribution >= 0.6 is 0 Å². The summed E-state index contributed by atoms with van der Waals surface area (Å²) in [6.07, 6.45) is 6.09. The summed E-state index contributed by atoms with van der Waals surface area (Å²) in [5.41, 5.74) is -0.447. The summed E-state index contributed by atoms with van der Waals surface area (Å²) in [6, 6.07) is 0. The van der Waals surface area contributed by atoms with E-state index in [2.05, 4.69) is 15.2 Å². The van der Waals surface area contributed by atoms with Crippen molar-refractivity contribution in [3.05, 3.63) is 12.4 Å². The van der Waals surface area contributed by atoms with E-state index in [0.717, 1.165) is 37.6 Å². The van der Waals surface area contributed by atoms with Crippen molar-refractivity contribution in [3.63, 3.8) is 0 Å². The summed E-state index contributed by atoms with van der Waals surface area (Å²) in [5, 5.41) is 3.17. The molecule has 7 heteroatoms. The van der Waals surface area contributed by atoms with E-state index >= 15 is 0 Å². The molecule has 3 aliphatic heterocycles. The van der Waals surface area contributed by atoms with Gasteiger partial charge < -0.3 is 19.9 Å². The molecule has 3 aliphatic rings. The number of aromatic nitrogens is 2. The Morgan fingerprint density at radius 3 is 2.89 bits per heavy atom. The maximum atomic E-state index is 12.3. The van der Waals surface area contributed by atoms with Crippen LogP contribution < -0.4 is 15.1 Å². The highest BCUT2D eigenvalue weighted by Gasteiger charge is 2.63. The second kappa shape index (κ2) is 6.33. The fourth-order valence-electron chi connectivity index (χ4n) is 4.83. The standard InChI is InChI=1S/C20H31N5O2/c1-19(2,3)18(26)22-8-13-14-11-25(12-20(14)7-6-15(13)27-20)17-10-21-9-16(23-17)24(4)5/h9-10,13-15H,6-8,11-12H2,1-5H3,(H,22,26)/t13-,14+,15+,20+/m0/s1. The fraction of sp³-hybridized carbons (Fsp3) is 0.750. The minimum Gasteiger partial charge on any atom is -0.369 e. The minimum atomic E-state index is -0.361. The molecule has 4 rings (SSSR count). The molecule has 27 heavy (non-hydrogen) atoms. The molecule has 0 saturated carbocycles. The lowest BCUT2D eigenvalue weighted by Gasteiger charge is -2.30. The Morgan fingerprint density at radius 1 is 1.41 bits per heavy atom. The number of fused-ring (bicyclic) bond motifs is 1. The van der Waals surface area contributed by atoms with Crippen LogP contribution in [0, 0.1) is 17.3 Å². The highest BCUT2D eigenvalue weighted by atomic mass is 16.5. The summed E-state index contributed by atoms with van der Waals surface area (Å²) in [7, 11) is 3.95. The zero-order valence-electron chi connectivity index (χ0n) is 17.0. The van der Waals surface area contributed by atoms with Gasteiger partial charge in [0.05, 0.1) is 24.1 Å². The molecular formula is C20H31N5O2. The van der Waals surface area contributed by atoms with Crippen LogP contribution in [-0.2, 0) is 9.53 Å². The van der Waals surface area contributed by atoms with Crippen LogP contribution in [0.15, 0.2) is 12.4 Å². The van der Waals surface area contributed by atoms with E-state index in [1.54, 1.807) is 6.20 Å². The van der Waals surface area contributed by atoms with Crippen LogP contribution in [0.1, 0.15) is 33.6 Å². The lowest BCUT2D eigenvalue weighted by atomic mass is 9.73. The van der Waals surface area contributed by atoms with Gasteiger partial charge in [0.15, 0.2) is 0 Å². The van der Waals surface area contributed by atoms with Gasteiger partial charge in [-0.25, -0.2) is 4.98 Å². The first-order valence-electron chi connectivity index (χ1n) is 9.90. The van der Waals surface area contributed by atoms with Crippen molar-refractivity contribution in [2.75, 3.05) is 43.5 Å². The first-order valence-corrected chi connectivity index (χ1v) is 9.90. The molecule has 7 nitrogen and oxygen atoms in total. The van der Waals surface area contributed by atoms with E-state index in [0.29, 0.717) is 18.4 Å². The average molecular weight is 374 g/mol. The highest BCUT2D eigenvalue weighted by molar-refractivity contribution is 5.81. The van der Waals surface area contributed by atoms with Gasteiger partial charge in [0.2, 0.25) is 5.91 Å². The molecule has 1 amide bonds. The molecule has 0 unspecified atom stereocenters. The average Bonchev–Trinajstić information content (AvgIpc) is 3.27. The molecule has 148 valence electrons. The third-order valence-corrected chi connectivity index (χ3v) is 6.35. The van der Waals surface area contributed by atoms with Crippen molar-refractivity contribution in [1.82, 2.24) is 15.3 Å². The number of amides is 1. The number of nitrogens with one attached hydrogen (secondary N) is 1. The van der Waals surface area contributed by atoms with E-state index in [1.807, 2.05) is 46.0 Å². The number of hydrogen-bond donors (Lipinski definition) is 1. The largest absolute Gasteiger partial charge is 0.369 e. The zero-order chi connectivity index (χ0) is 19.4. The van der Waals surface area contributed by atoms with Crippen molar-refractivity contribution in [1.29, 1.82) is 0 Å².